The number of methoxy groups -OCH3 is 2. The average molecular weight is 297 g/mol. The van der Waals surface area contributed by atoms with Gasteiger partial charge in [0.05, 0.1) is 20.3 Å². The van der Waals surface area contributed by atoms with Gasteiger partial charge in [0.25, 0.3) is 0 Å². The van der Waals surface area contributed by atoms with Crippen LogP contribution in [0.25, 0.3) is 11.0 Å². The summed E-state index contributed by atoms with van der Waals surface area (Å²) in [6, 6.07) is 16.0. The molecule has 0 fully saturated rings. The lowest BCUT2D eigenvalue weighted by molar-refractivity contribution is 0.185. The first-order chi connectivity index (χ1) is 10.8. The highest BCUT2D eigenvalue weighted by atomic mass is 16.5. The Kier molecular flexibility index (Phi) is 4.30. The van der Waals surface area contributed by atoms with Crippen LogP contribution in [-0.4, -0.2) is 14.2 Å². The molecular weight excluding hydrogens is 278 g/mol. The van der Waals surface area contributed by atoms with Crippen LogP contribution in [0.5, 0.6) is 5.75 Å². The van der Waals surface area contributed by atoms with Crippen LogP contribution in [0.2, 0.25) is 0 Å². The predicted molar refractivity (Wildman–Crippen MR) is 87.2 cm³/mol. The van der Waals surface area contributed by atoms with E-state index in [0.717, 1.165) is 33.7 Å². The van der Waals surface area contributed by atoms with Crippen LogP contribution in [0.4, 0.5) is 5.69 Å². The standard InChI is InChI=1S/C18H19NO3/c1-20-12-14-6-3-4-8-16(14)19-11-15-10-13-7-5-9-17(21-2)18(13)22-15/h3-10,19H,11-12H2,1-2H3. The summed E-state index contributed by atoms with van der Waals surface area (Å²) in [6.45, 7) is 1.19. The van der Waals surface area contributed by atoms with Crippen LogP contribution in [0.3, 0.4) is 0 Å². The van der Waals surface area contributed by atoms with Crippen molar-refractivity contribution < 1.29 is 13.9 Å². The molecule has 22 heavy (non-hydrogen) atoms. The zero-order valence-electron chi connectivity index (χ0n) is 12.8. The molecule has 0 radical (unpaired) electrons. The van der Waals surface area contributed by atoms with Crippen molar-refractivity contribution in [3.05, 3.63) is 59.9 Å². The molecule has 1 N–H and O–H groups in total. The first-order valence-corrected chi connectivity index (χ1v) is 7.18. The maximum Gasteiger partial charge on any atom is 0.176 e. The third kappa shape index (κ3) is 2.92. The SMILES string of the molecule is COCc1ccccc1NCc1cc2cccc(OC)c2o1. The fourth-order valence-corrected chi connectivity index (χ4v) is 2.49. The molecule has 0 aliphatic heterocycles. The Labute approximate surface area is 129 Å². The molecule has 0 bridgehead atoms. The van der Waals surface area contributed by atoms with Crippen molar-refractivity contribution in [3.63, 3.8) is 0 Å². The van der Waals surface area contributed by atoms with Gasteiger partial charge in [0.1, 0.15) is 5.76 Å². The van der Waals surface area contributed by atoms with Gasteiger partial charge in [0.15, 0.2) is 11.3 Å². The van der Waals surface area contributed by atoms with Gasteiger partial charge in [-0.05, 0) is 18.2 Å². The van der Waals surface area contributed by atoms with Crippen molar-refractivity contribution in [3.8, 4) is 5.75 Å². The number of benzene rings is 2. The van der Waals surface area contributed by atoms with Crippen molar-refractivity contribution >= 4 is 16.7 Å². The molecule has 3 rings (SSSR count). The van der Waals surface area contributed by atoms with Gasteiger partial charge in [-0.2, -0.15) is 0 Å². The van der Waals surface area contributed by atoms with E-state index in [1.807, 2.05) is 48.5 Å². The molecule has 0 atom stereocenters. The van der Waals surface area contributed by atoms with Crippen LogP contribution in [0.15, 0.2) is 52.9 Å². The Bertz CT molecular complexity index is 764. The fraction of sp³-hybridized carbons (Fsp3) is 0.222. The second-order valence-electron chi connectivity index (χ2n) is 5.04. The van der Waals surface area contributed by atoms with E-state index < -0.39 is 0 Å². The number of furan rings is 1. The third-order valence-electron chi connectivity index (χ3n) is 3.55. The lowest BCUT2D eigenvalue weighted by Crippen LogP contribution is -2.02. The van der Waals surface area contributed by atoms with E-state index in [2.05, 4.69) is 5.32 Å². The largest absolute Gasteiger partial charge is 0.493 e. The summed E-state index contributed by atoms with van der Waals surface area (Å²) in [6.07, 6.45) is 0. The smallest absolute Gasteiger partial charge is 0.176 e. The maximum absolute atomic E-state index is 5.89. The topological polar surface area (TPSA) is 43.6 Å². The molecule has 0 aliphatic carbocycles. The summed E-state index contributed by atoms with van der Waals surface area (Å²) < 4.78 is 16.4. The van der Waals surface area contributed by atoms with Crippen molar-refractivity contribution in [1.29, 1.82) is 0 Å². The summed E-state index contributed by atoms with van der Waals surface area (Å²) in [5, 5.41) is 4.44. The second-order valence-corrected chi connectivity index (χ2v) is 5.04. The molecule has 3 aromatic rings. The molecule has 1 aromatic heterocycles. The number of fused-ring (bicyclic) bond motifs is 1. The summed E-state index contributed by atoms with van der Waals surface area (Å²) in [5.74, 6) is 1.62. The van der Waals surface area contributed by atoms with E-state index in [1.165, 1.54) is 0 Å². The number of anilines is 1. The second kappa shape index (κ2) is 6.54. The Morgan fingerprint density at radius 2 is 1.91 bits per heavy atom. The van der Waals surface area contributed by atoms with Crippen LogP contribution < -0.4 is 10.1 Å². The molecule has 4 heteroatoms. The van der Waals surface area contributed by atoms with E-state index in [9.17, 15) is 0 Å². The van der Waals surface area contributed by atoms with Crippen LogP contribution >= 0.6 is 0 Å². The Morgan fingerprint density at radius 3 is 2.73 bits per heavy atom. The van der Waals surface area contributed by atoms with E-state index in [4.69, 9.17) is 13.9 Å². The summed E-state index contributed by atoms with van der Waals surface area (Å²) >= 11 is 0. The maximum atomic E-state index is 5.89. The average Bonchev–Trinajstić information content (AvgIpc) is 2.97. The molecule has 0 saturated carbocycles. The number of hydrogen-bond donors (Lipinski definition) is 1. The molecule has 1 heterocycles. The van der Waals surface area contributed by atoms with Gasteiger partial charge in [-0.15, -0.1) is 0 Å². The molecule has 0 saturated heterocycles. The Balaban J connectivity index is 1.80. The summed E-state index contributed by atoms with van der Waals surface area (Å²) in [4.78, 5) is 0. The van der Waals surface area contributed by atoms with Crippen LogP contribution in [0.1, 0.15) is 11.3 Å². The predicted octanol–water partition coefficient (Wildman–Crippen LogP) is 4.20. The van der Waals surface area contributed by atoms with E-state index in [1.54, 1.807) is 14.2 Å². The monoisotopic (exact) mass is 297 g/mol. The highest BCUT2D eigenvalue weighted by molar-refractivity contribution is 5.83. The van der Waals surface area contributed by atoms with E-state index >= 15 is 0 Å². The van der Waals surface area contributed by atoms with Gasteiger partial charge >= 0.3 is 0 Å². The molecule has 0 aliphatic rings. The van der Waals surface area contributed by atoms with Gasteiger partial charge in [-0.1, -0.05) is 30.3 Å². The lowest BCUT2D eigenvalue weighted by atomic mass is 10.2. The first-order valence-electron chi connectivity index (χ1n) is 7.18. The zero-order chi connectivity index (χ0) is 15.4. The summed E-state index contributed by atoms with van der Waals surface area (Å²) in [7, 11) is 3.35. The van der Waals surface area contributed by atoms with Crippen molar-refractivity contribution in [2.24, 2.45) is 0 Å². The fourth-order valence-electron chi connectivity index (χ4n) is 2.49. The molecule has 0 spiro atoms. The number of hydrogen-bond acceptors (Lipinski definition) is 4. The van der Waals surface area contributed by atoms with Crippen molar-refractivity contribution in [1.82, 2.24) is 0 Å². The van der Waals surface area contributed by atoms with Gasteiger partial charge in [-0.25, -0.2) is 0 Å². The van der Waals surface area contributed by atoms with Crippen LogP contribution in [0, 0.1) is 0 Å². The lowest BCUT2D eigenvalue weighted by Gasteiger charge is -2.10. The van der Waals surface area contributed by atoms with Crippen molar-refractivity contribution in [2.75, 3.05) is 19.5 Å². The van der Waals surface area contributed by atoms with Crippen LogP contribution in [-0.2, 0) is 17.9 Å². The first kappa shape index (κ1) is 14.5. The number of nitrogens with one attached hydrogen (secondary N) is 1. The van der Waals surface area contributed by atoms with Gasteiger partial charge < -0.3 is 19.2 Å². The summed E-state index contributed by atoms with van der Waals surface area (Å²) in [5.41, 5.74) is 2.96. The molecular formula is C18H19NO3. The third-order valence-corrected chi connectivity index (χ3v) is 3.55. The number of rotatable bonds is 6. The van der Waals surface area contributed by atoms with E-state index in [0.29, 0.717) is 13.2 Å². The molecule has 0 amide bonds. The minimum Gasteiger partial charge on any atom is -0.493 e. The van der Waals surface area contributed by atoms with E-state index in [-0.39, 0.29) is 0 Å². The zero-order valence-corrected chi connectivity index (χ0v) is 12.8. The highest BCUT2D eigenvalue weighted by Gasteiger charge is 2.09. The molecule has 114 valence electrons. The van der Waals surface area contributed by atoms with Crippen molar-refractivity contribution in [2.45, 2.75) is 13.2 Å². The number of ether oxygens (including phenoxy) is 2. The van der Waals surface area contributed by atoms with Gasteiger partial charge in [-0.3, -0.25) is 0 Å². The Morgan fingerprint density at radius 1 is 1.05 bits per heavy atom. The highest BCUT2D eigenvalue weighted by Crippen LogP contribution is 2.29. The molecule has 2 aromatic carbocycles. The molecule has 4 nitrogen and oxygen atoms in total. The normalized spacial score (nSPS) is 10.8. The molecule has 0 unspecified atom stereocenters. The minimum absolute atomic E-state index is 0.580. The Hall–Kier alpha value is -2.46. The van der Waals surface area contributed by atoms with Gasteiger partial charge in [0, 0.05) is 23.7 Å². The van der Waals surface area contributed by atoms with Gasteiger partial charge in [0.2, 0.25) is 0 Å². The number of para-hydroxylation sites is 2. The quantitative estimate of drug-likeness (QED) is 0.740. The minimum atomic E-state index is 0.580.